The van der Waals surface area contributed by atoms with Crippen molar-refractivity contribution >= 4 is 46.2 Å². The molecule has 0 saturated heterocycles. The average Bonchev–Trinajstić information content (AvgIpc) is 3.79. The number of para-hydroxylation sites is 4. The van der Waals surface area contributed by atoms with Crippen molar-refractivity contribution < 1.29 is 24.5 Å². The minimum atomic E-state index is -1.40. The largest absolute Gasteiger partial charge is 0.501 e. The Balaban J connectivity index is 0.000000144. The molecule has 56 heavy (non-hydrogen) atoms. The second-order valence-electron chi connectivity index (χ2n) is 17.3. The Morgan fingerprint density at radius 3 is 2.20 bits per heavy atom. The summed E-state index contributed by atoms with van der Waals surface area (Å²) >= 11 is 0. The first-order valence-corrected chi connectivity index (χ1v) is 23.7. The topological polar surface area (TPSA) is 43.9 Å². The van der Waals surface area contributed by atoms with Gasteiger partial charge in [0, 0.05) is 37.4 Å². The first-order valence-electron chi connectivity index (χ1n) is 20.2. The number of imidazole rings is 1. The molecule has 12 rings (SSSR count). The number of nitrogens with zero attached hydrogens (tertiary/aromatic N) is 3. The van der Waals surface area contributed by atoms with Gasteiger partial charge in [-0.1, -0.05) is 90.8 Å². The van der Waals surface area contributed by atoms with Gasteiger partial charge < -0.3 is 14.0 Å². The van der Waals surface area contributed by atoms with Crippen LogP contribution < -0.4 is 5.19 Å². The van der Waals surface area contributed by atoms with Gasteiger partial charge in [-0.3, -0.25) is 4.98 Å². The second kappa shape index (κ2) is 15.0. The molecule has 6 heteroatoms. The molecule has 4 nitrogen and oxygen atoms in total. The predicted octanol–water partition coefficient (Wildman–Crippen LogP) is 12.1. The van der Waals surface area contributed by atoms with Crippen molar-refractivity contribution in [3.8, 4) is 28.3 Å². The van der Waals surface area contributed by atoms with Crippen LogP contribution in [0.4, 0.5) is 0 Å². The zero-order valence-electron chi connectivity index (χ0n) is 32.3. The van der Waals surface area contributed by atoms with Crippen LogP contribution in [0.15, 0.2) is 132 Å². The maximum Gasteiger partial charge on any atom is 0.120 e. The van der Waals surface area contributed by atoms with Gasteiger partial charge in [0.2, 0.25) is 0 Å². The molecule has 3 heterocycles. The Bertz CT molecular complexity index is 2610. The zero-order chi connectivity index (χ0) is 37.1. The molecule has 0 N–H and O–H groups in total. The van der Waals surface area contributed by atoms with Gasteiger partial charge in [0.25, 0.3) is 0 Å². The fraction of sp³-hybridized carbons (Fsp3) is 0.280. The molecule has 3 aromatic heterocycles. The fourth-order valence-electron chi connectivity index (χ4n) is 10.6. The van der Waals surface area contributed by atoms with Crippen molar-refractivity contribution in [3.63, 3.8) is 0 Å². The molecule has 4 saturated carbocycles. The number of aromatic nitrogens is 3. The molecule has 5 aromatic carbocycles. The van der Waals surface area contributed by atoms with Gasteiger partial charge in [0.15, 0.2) is 0 Å². The molecule has 4 bridgehead atoms. The first kappa shape index (κ1) is 37.0. The van der Waals surface area contributed by atoms with Crippen LogP contribution in [0.5, 0.6) is 0 Å². The molecule has 283 valence electrons. The number of fused-ring (bicyclic) bond motifs is 4. The van der Waals surface area contributed by atoms with E-state index in [0.717, 1.165) is 90.9 Å². The Kier molecular flexibility index (Phi) is 9.94. The van der Waals surface area contributed by atoms with Crippen LogP contribution in [0, 0.1) is 41.7 Å². The second-order valence-corrected chi connectivity index (χ2v) is 22.4. The van der Waals surface area contributed by atoms with Gasteiger partial charge in [0.05, 0.1) is 30.5 Å². The third kappa shape index (κ3) is 6.80. The zero-order valence-corrected chi connectivity index (χ0v) is 35.7. The van der Waals surface area contributed by atoms with E-state index in [-0.39, 0.29) is 20.1 Å². The average molecular weight is 926 g/mol. The Labute approximate surface area is 344 Å². The molecule has 0 atom stereocenters. The fourth-order valence-corrected chi connectivity index (χ4v) is 12.1. The number of hydrogen-bond acceptors (Lipinski definition) is 3. The summed E-state index contributed by atoms with van der Waals surface area (Å²) in [5.41, 5.74) is 9.47. The van der Waals surface area contributed by atoms with Crippen LogP contribution >= 0.6 is 0 Å². The van der Waals surface area contributed by atoms with Gasteiger partial charge in [0.1, 0.15) is 5.58 Å². The number of furan rings is 1. The van der Waals surface area contributed by atoms with E-state index in [0.29, 0.717) is 0 Å². The molecule has 8 aromatic rings. The maximum atomic E-state index is 6.24. The molecule has 4 fully saturated rings. The van der Waals surface area contributed by atoms with Crippen molar-refractivity contribution in [1.82, 2.24) is 14.5 Å². The van der Waals surface area contributed by atoms with Gasteiger partial charge in [-0.15, -0.1) is 54.1 Å². The van der Waals surface area contributed by atoms with Gasteiger partial charge in [-0.25, -0.2) is 0 Å². The molecule has 0 unspecified atom stereocenters. The predicted molar refractivity (Wildman–Crippen MR) is 228 cm³/mol. The summed E-state index contributed by atoms with van der Waals surface area (Å²) in [6.45, 7) is 7.41. The number of rotatable bonds is 6. The summed E-state index contributed by atoms with van der Waals surface area (Å²) in [6.07, 6.45) is 11.1. The third-order valence-corrected chi connectivity index (χ3v) is 14.9. The Morgan fingerprint density at radius 1 is 0.732 bits per heavy atom. The van der Waals surface area contributed by atoms with Gasteiger partial charge >= 0.3 is 0 Å². The van der Waals surface area contributed by atoms with Crippen molar-refractivity contribution in [3.05, 3.63) is 145 Å². The van der Waals surface area contributed by atoms with E-state index in [4.69, 9.17) is 14.4 Å². The molecule has 0 amide bonds. The quantitative estimate of drug-likeness (QED) is 0.123. The van der Waals surface area contributed by atoms with Crippen molar-refractivity contribution in [2.45, 2.75) is 58.2 Å². The minimum Gasteiger partial charge on any atom is -0.501 e. The van der Waals surface area contributed by atoms with E-state index < -0.39 is 8.07 Å². The molecule has 0 aliphatic heterocycles. The maximum absolute atomic E-state index is 6.24. The van der Waals surface area contributed by atoms with E-state index >= 15 is 0 Å². The molecular weight excluding hydrogens is 879 g/mol. The summed E-state index contributed by atoms with van der Waals surface area (Å²) in [5.74, 6) is 5.87. The minimum absolute atomic E-state index is 0. The smallest absolute Gasteiger partial charge is 0.120 e. The van der Waals surface area contributed by atoms with Crippen LogP contribution in [-0.2, 0) is 26.5 Å². The van der Waals surface area contributed by atoms with E-state index in [9.17, 15) is 0 Å². The molecular formula is C50H47IrN3OSi-2. The molecule has 0 spiro atoms. The van der Waals surface area contributed by atoms with Crippen molar-refractivity contribution in [2.24, 2.45) is 29.6 Å². The summed E-state index contributed by atoms with van der Waals surface area (Å²) < 4.78 is 8.41. The van der Waals surface area contributed by atoms with Gasteiger partial charge in [-0.05, 0) is 109 Å². The Hall–Kier alpha value is -4.61. The first-order chi connectivity index (χ1) is 26.9. The summed E-state index contributed by atoms with van der Waals surface area (Å²) in [6, 6.07) is 48.1. The van der Waals surface area contributed by atoms with Crippen LogP contribution in [0.3, 0.4) is 0 Å². The summed E-state index contributed by atoms with van der Waals surface area (Å²) in [7, 11) is -1.40. The third-order valence-electron chi connectivity index (χ3n) is 12.8. The van der Waals surface area contributed by atoms with E-state index in [1.807, 2.05) is 72.8 Å². The molecule has 4 aliphatic rings. The van der Waals surface area contributed by atoms with E-state index in [1.165, 1.54) is 32.1 Å². The summed E-state index contributed by atoms with van der Waals surface area (Å²) in [4.78, 5) is 9.82. The van der Waals surface area contributed by atoms with Crippen LogP contribution in [-0.4, -0.2) is 22.6 Å². The SMILES string of the molecule is C[Si](C)(C)c1cnc(-c2[c-]cccc2)cc1CC1C2CC3CC(C2)CC1C3.[Ir].[c-]1ccc2c(oc3ccccc32)c1-c1nc2ccccc2n1-c1ccccc1. The van der Waals surface area contributed by atoms with Crippen molar-refractivity contribution in [2.75, 3.05) is 0 Å². The monoisotopic (exact) mass is 926 g/mol. The van der Waals surface area contributed by atoms with Crippen molar-refractivity contribution in [1.29, 1.82) is 0 Å². The van der Waals surface area contributed by atoms with E-state index in [2.05, 4.69) is 91.1 Å². The number of benzene rings is 5. The standard InChI is InChI=1S/C25H15N2O.C25H32NSi.Ir/c1-2-9-17(10-3-1)27-22-15-6-5-14-21(22)26-25(27)20-13-8-12-19-18-11-4-7-16-23(18)28-24(19)20;1-27(2,3)25-16-26-24(19-7-5-4-6-8-19)15-22(25)14-23-20-10-17-9-18(12-20)13-21(23)11-17;/h1-12,14-16H;4-7,15-18,20-21,23H,9-14H2,1-3H3;/q2*-1;. The number of pyridine rings is 1. The normalized spacial score (nSPS) is 21.2. The molecule has 1 radical (unpaired) electrons. The number of hydrogen-bond donors (Lipinski definition) is 0. The Morgan fingerprint density at radius 2 is 1.45 bits per heavy atom. The van der Waals surface area contributed by atoms with Crippen LogP contribution in [0.25, 0.3) is 61.3 Å². The molecule has 4 aliphatic carbocycles. The van der Waals surface area contributed by atoms with Crippen LogP contribution in [0.1, 0.15) is 37.7 Å². The summed E-state index contributed by atoms with van der Waals surface area (Å²) in [5, 5.41) is 3.77. The van der Waals surface area contributed by atoms with Crippen LogP contribution in [0.2, 0.25) is 19.6 Å². The van der Waals surface area contributed by atoms with Gasteiger partial charge in [-0.2, -0.15) is 0 Å². The van der Waals surface area contributed by atoms with E-state index in [1.54, 1.807) is 17.2 Å².